The molecular formula is C17H16N4O3. The lowest BCUT2D eigenvalue weighted by Crippen LogP contribution is -2.50. The molecule has 2 amide bonds. The highest BCUT2D eigenvalue weighted by Crippen LogP contribution is 2.13. The molecule has 0 N–H and O–H groups in total. The summed E-state index contributed by atoms with van der Waals surface area (Å²) in [5, 5.41) is 0. The molecule has 0 bridgehead atoms. The molecule has 24 heavy (non-hydrogen) atoms. The molecule has 7 heteroatoms. The van der Waals surface area contributed by atoms with Crippen LogP contribution < -0.4 is 0 Å². The molecule has 0 spiro atoms. The van der Waals surface area contributed by atoms with Crippen molar-refractivity contribution in [1.29, 1.82) is 0 Å². The Kier molecular flexibility index (Phi) is 3.53. The van der Waals surface area contributed by atoms with Crippen molar-refractivity contribution in [3.8, 4) is 0 Å². The van der Waals surface area contributed by atoms with Crippen molar-refractivity contribution in [2.75, 3.05) is 26.2 Å². The van der Waals surface area contributed by atoms with Gasteiger partial charge in [-0.05, 0) is 24.3 Å². The lowest BCUT2D eigenvalue weighted by Gasteiger charge is -2.34. The summed E-state index contributed by atoms with van der Waals surface area (Å²) in [7, 11) is 0. The number of hydrogen-bond acceptors (Lipinski definition) is 4. The summed E-state index contributed by atoms with van der Waals surface area (Å²) in [6, 6.07) is 6.97. The monoisotopic (exact) mass is 324 g/mol. The Morgan fingerprint density at radius 1 is 1.04 bits per heavy atom. The minimum Gasteiger partial charge on any atom is -0.459 e. The highest BCUT2D eigenvalue weighted by molar-refractivity contribution is 5.96. The molecule has 0 atom stereocenters. The molecule has 7 nitrogen and oxygen atoms in total. The first kappa shape index (κ1) is 14.5. The van der Waals surface area contributed by atoms with Crippen LogP contribution >= 0.6 is 0 Å². The number of furan rings is 1. The Morgan fingerprint density at radius 3 is 2.50 bits per heavy atom. The van der Waals surface area contributed by atoms with Crippen molar-refractivity contribution in [2.24, 2.45) is 0 Å². The van der Waals surface area contributed by atoms with Crippen molar-refractivity contribution in [3.05, 3.63) is 60.6 Å². The molecule has 0 aliphatic carbocycles. The maximum absolute atomic E-state index is 12.6. The van der Waals surface area contributed by atoms with E-state index in [-0.39, 0.29) is 11.8 Å². The number of pyridine rings is 1. The zero-order chi connectivity index (χ0) is 16.5. The first-order valence-corrected chi connectivity index (χ1v) is 7.76. The predicted octanol–water partition coefficient (Wildman–Crippen LogP) is 1.53. The van der Waals surface area contributed by atoms with Crippen LogP contribution in [0.4, 0.5) is 0 Å². The van der Waals surface area contributed by atoms with Crippen LogP contribution in [0.3, 0.4) is 0 Å². The van der Waals surface area contributed by atoms with Crippen LogP contribution in [0.15, 0.2) is 53.7 Å². The number of nitrogens with zero attached hydrogens (tertiary/aromatic N) is 4. The van der Waals surface area contributed by atoms with Gasteiger partial charge >= 0.3 is 0 Å². The van der Waals surface area contributed by atoms with Gasteiger partial charge in [-0.3, -0.25) is 9.59 Å². The van der Waals surface area contributed by atoms with Crippen LogP contribution in [-0.4, -0.2) is 57.2 Å². The highest BCUT2D eigenvalue weighted by atomic mass is 16.3. The Bertz CT molecular complexity index is 876. The van der Waals surface area contributed by atoms with Gasteiger partial charge in [0, 0.05) is 37.9 Å². The van der Waals surface area contributed by atoms with E-state index in [2.05, 4.69) is 4.98 Å². The fourth-order valence-electron chi connectivity index (χ4n) is 2.90. The molecular weight excluding hydrogens is 308 g/mol. The third-order valence-corrected chi connectivity index (χ3v) is 4.25. The fourth-order valence-corrected chi connectivity index (χ4v) is 2.90. The molecule has 1 fully saturated rings. The molecule has 4 rings (SSSR count). The number of imidazole rings is 1. The van der Waals surface area contributed by atoms with Crippen LogP contribution in [0.5, 0.6) is 0 Å². The van der Waals surface area contributed by atoms with Crippen molar-refractivity contribution < 1.29 is 14.0 Å². The van der Waals surface area contributed by atoms with Gasteiger partial charge < -0.3 is 18.6 Å². The van der Waals surface area contributed by atoms with E-state index >= 15 is 0 Å². The number of carbonyl (C=O) groups is 2. The van der Waals surface area contributed by atoms with E-state index in [9.17, 15) is 9.59 Å². The van der Waals surface area contributed by atoms with Crippen LogP contribution in [0.2, 0.25) is 0 Å². The van der Waals surface area contributed by atoms with Crippen molar-refractivity contribution in [1.82, 2.24) is 19.2 Å². The summed E-state index contributed by atoms with van der Waals surface area (Å²) in [4.78, 5) is 32.4. The molecule has 0 radical (unpaired) electrons. The van der Waals surface area contributed by atoms with Crippen LogP contribution in [0.1, 0.15) is 20.9 Å². The maximum Gasteiger partial charge on any atom is 0.289 e. The van der Waals surface area contributed by atoms with E-state index in [0.717, 1.165) is 5.52 Å². The van der Waals surface area contributed by atoms with Gasteiger partial charge in [0.2, 0.25) is 0 Å². The third-order valence-electron chi connectivity index (χ3n) is 4.25. The topological polar surface area (TPSA) is 71.1 Å². The number of fused-ring (bicyclic) bond motifs is 1. The quantitative estimate of drug-likeness (QED) is 0.717. The highest BCUT2D eigenvalue weighted by Gasteiger charge is 2.26. The number of rotatable bonds is 2. The summed E-state index contributed by atoms with van der Waals surface area (Å²) in [6.07, 6.45) is 6.73. The first-order valence-electron chi connectivity index (χ1n) is 7.76. The Labute approximate surface area is 138 Å². The van der Waals surface area contributed by atoms with Crippen molar-refractivity contribution in [3.63, 3.8) is 0 Å². The molecule has 4 heterocycles. The molecule has 3 aromatic rings. The average molecular weight is 324 g/mol. The lowest BCUT2D eigenvalue weighted by atomic mass is 10.2. The van der Waals surface area contributed by atoms with Crippen LogP contribution in [0.25, 0.3) is 5.52 Å². The molecule has 0 saturated carbocycles. The smallest absolute Gasteiger partial charge is 0.289 e. The summed E-state index contributed by atoms with van der Waals surface area (Å²) in [5.74, 6) is 0.178. The zero-order valence-corrected chi connectivity index (χ0v) is 13.0. The molecule has 3 aromatic heterocycles. The standard InChI is InChI=1S/C17H16N4O3/c22-16(13-3-4-21-12-18-11-14(21)10-13)19-5-7-20(8-6-19)17(23)15-2-1-9-24-15/h1-4,9-12H,5-8H2. The second-order valence-electron chi connectivity index (χ2n) is 5.70. The van der Waals surface area contributed by atoms with Gasteiger partial charge in [-0.15, -0.1) is 0 Å². The summed E-state index contributed by atoms with van der Waals surface area (Å²) in [6.45, 7) is 2.02. The molecule has 122 valence electrons. The normalized spacial score (nSPS) is 15.0. The fraction of sp³-hybridized carbons (Fsp3) is 0.235. The van der Waals surface area contributed by atoms with Crippen molar-refractivity contribution >= 4 is 17.3 Å². The van der Waals surface area contributed by atoms with Gasteiger partial charge in [0.15, 0.2) is 5.76 Å². The third kappa shape index (κ3) is 2.54. The zero-order valence-electron chi connectivity index (χ0n) is 13.0. The van der Waals surface area contributed by atoms with Crippen LogP contribution in [-0.2, 0) is 0 Å². The Morgan fingerprint density at radius 2 is 1.79 bits per heavy atom. The second kappa shape index (κ2) is 5.84. The van der Waals surface area contributed by atoms with Crippen LogP contribution in [0, 0.1) is 0 Å². The molecule has 1 aliphatic rings. The molecule has 1 saturated heterocycles. The molecule has 0 unspecified atom stereocenters. The van der Waals surface area contributed by atoms with Gasteiger partial charge in [0.25, 0.3) is 11.8 Å². The van der Waals surface area contributed by atoms with Gasteiger partial charge in [-0.25, -0.2) is 4.98 Å². The Hall–Kier alpha value is -3.09. The number of piperazine rings is 1. The predicted molar refractivity (Wildman–Crippen MR) is 85.7 cm³/mol. The van der Waals surface area contributed by atoms with Gasteiger partial charge in [0.05, 0.1) is 24.3 Å². The number of carbonyl (C=O) groups excluding carboxylic acids is 2. The first-order chi connectivity index (χ1) is 11.7. The summed E-state index contributed by atoms with van der Waals surface area (Å²) in [5.41, 5.74) is 1.52. The number of hydrogen-bond donors (Lipinski definition) is 0. The van der Waals surface area contributed by atoms with E-state index in [1.807, 2.05) is 16.7 Å². The van der Waals surface area contributed by atoms with E-state index in [0.29, 0.717) is 37.5 Å². The average Bonchev–Trinajstić information content (AvgIpc) is 3.31. The SMILES string of the molecule is O=C(c1ccn2cncc2c1)N1CCN(C(=O)c2ccco2)CC1. The van der Waals surface area contributed by atoms with Gasteiger partial charge in [-0.1, -0.05) is 0 Å². The Balaban J connectivity index is 1.43. The van der Waals surface area contributed by atoms with Gasteiger partial charge in [-0.2, -0.15) is 0 Å². The number of aromatic nitrogens is 2. The van der Waals surface area contributed by atoms with E-state index in [1.165, 1.54) is 6.26 Å². The van der Waals surface area contributed by atoms with Crippen molar-refractivity contribution in [2.45, 2.75) is 0 Å². The van der Waals surface area contributed by atoms with E-state index in [1.54, 1.807) is 40.5 Å². The van der Waals surface area contributed by atoms with E-state index < -0.39 is 0 Å². The molecule has 1 aliphatic heterocycles. The lowest BCUT2D eigenvalue weighted by molar-refractivity contribution is 0.0518. The minimum absolute atomic E-state index is 0.0243. The maximum atomic E-state index is 12.6. The minimum atomic E-state index is -0.132. The second-order valence-corrected chi connectivity index (χ2v) is 5.70. The van der Waals surface area contributed by atoms with E-state index in [4.69, 9.17) is 4.42 Å². The summed E-state index contributed by atoms with van der Waals surface area (Å²) >= 11 is 0. The summed E-state index contributed by atoms with van der Waals surface area (Å²) < 4.78 is 7.00. The molecule has 0 aromatic carbocycles. The largest absolute Gasteiger partial charge is 0.459 e. The number of amides is 2. The van der Waals surface area contributed by atoms with Gasteiger partial charge in [0.1, 0.15) is 0 Å².